The number of nitro groups is 1. The molecule has 2 atom stereocenters. The van der Waals surface area contributed by atoms with Gasteiger partial charge in [-0.05, 0) is 31.2 Å². The Hall–Kier alpha value is -1.91. The largest absolute Gasteiger partial charge is 0.371 e. The first-order valence-electron chi connectivity index (χ1n) is 6.94. The molecule has 0 bridgehead atoms. The average Bonchev–Trinajstić information content (AvgIpc) is 2.41. The summed E-state index contributed by atoms with van der Waals surface area (Å²) in [4.78, 5) is 24.3. The van der Waals surface area contributed by atoms with Gasteiger partial charge in [0, 0.05) is 36.5 Å². The maximum Gasteiger partial charge on any atom is 0.270 e. The van der Waals surface area contributed by atoms with E-state index < -0.39 is 4.92 Å². The summed E-state index contributed by atoms with van der Waals surface area (Å²) in [7, 11) is 0. The van der Waals surface area contributed by atoms with Crippen molar-refractivity contribution in [2.75, 3.05) is 18.0 Å². The summed E-state index contributed by atoms with van der Waals surface area (Å²) >= 11 is 0. The lowest BCUT2D eigenvalue weighted by Crippen LogP contribution is -2.39. The number of piperidine rings is 1. The van der Waals surface area contributed by atoms with Gasteiger partial charge in [0.05, 0.1) is 4.92 Å². The molecule has 2 rings (SSSR count). The first-order chi connectivity index (χ1) is 9.40. The number of hydrogen-bond acceptors (Lipinski definition) is 4. The van der Waals surface area contributed by atoms with Gasteiger partial charge in [-0.2, -0.15) is 0 Å². The van der Waals surface area contributed by atoms with E-state index in [1.807, 2.05) is 0 Å². The van der Waals surface area contributed by atoms with Crippen LogP contribution in [0.25, 0.3) is 0 Å². The van der Waals surface area contributed by atoms with Crippen LogP contribution in [0, 0.1) is 22.0 Å². The predicted molar refractivity (Wildman–Crippen MR) is 78.3 cm³/mol. The van der Waals surface area contributed by atoms with E-state index in [1.165, 1.54) is 19.1 Å². The summed E-state index contributed by atoms with van der Waals surface area (Å²) in [6.45, 7) is 7.68. The molecule has 0 spiro atoms. The number of rotatable bonds is 3. The molecule has 5 heteroatoms. The second-order valence-electron chi connectivity index (χ2n) is 5.70. The number of nitrogens with zero attached hydrogens (tertiary/aromatic N) is 2. The highest BCUT2D eigenvalue weighted by atomic mass is 16.6. The molecule has 0 aliphatic carbocycles. The number of benzene rings is 1. The lowest BCUT2D eigenvalue weighted by atomic mass is 9.88. The van der Waals surface area contributed by atoms with Gasteiger partial charge in [-0.15, -0.1) is 0 Å². The molecule has 1 heterocycles. The molecule has 108 valence electrons. The Morgan fingerprint density at radius 1 is 1.35 bits per heavy atom. The van der Waals surface area contributed by atoms with Crippen LogP contribution in [-0.4, -0.2) is 23.8 Å². The third kappa shape index (κ3) is 2.81. The summed E-state index contributed by atoms with van der Waals surface area (Å²) < 4.78 is 0. The Kier molecular flexibility index (Phi) is 4.06. The molecular weight excluding hydrogens is 256 g/mol. The maximum absolute atomic E-state index is 11.8. The van der Waals surface area contributed by atoms with Crippen molar-refractivity contribution in [3.63, 3.8) is 0 Å². The van der Waals surface area contributed by atoms with E-state index in [-0.39, 0.29) is 11.5 Å². The van der Waals surface area contributed by atoms with Crippen LogP contribution >= 0.6 is 0 Å². The van der Waals surface area contributed by atoms with Crippen LogP contribution in [0.2, 0.25) is 0 Å². The number of hydrogen-bond donors (Lipinski definition) is 0. The zero-order valence-corrected chi connectivity index (χ0v) is 12.1. The number of Topliss-reactive ketones (excluding diaryl/α,β-unsaturated/α-hetero) is 1. The molecule has 0 aromatic heterocycles. The Bertz CT molecular complexity index is 542. The van der Waals surface area contributed by atoms with Crippen LogP contribution in [0.5, 0.6) is 0 Å². The number of nitro benzene ring substituents is 1. The van der Waals surface area contributed by atoms with Crippen LogP contribution < -0.4 is 4.90 Å². The smallest absolute Gasteiger partial charge is 0.270 e. The third-order valence-electron chi connectivity index (χ3n) is 4.25. The van der Waals surface area contributed by atoms with Gasteiger partial charge in [0.1, 0.15) is 0 Å². The van der Waals surface area contributed by atoms with E-state index in [2.05, 4.69) is 18.7 Å². The molecule has 0 amide bonds. The molecule has 1 aliphatic rings. The second kappa shape index (κ2) is 5.61. The summed E-state index contributed by atoms with van der Waals surface area (Å²) in [5, 5.41) is 10.8. The molecule has 1 saturated heterocycles. The van der Waals surface area contributed by atoms with E-state index in [4.69, 9.17) is 0 Å². The molecule has 1 aromatic rings. The number of ketones is 1. The van der Waals surface area contributed by atoms with Gasteiger partial charge in [-0.1, -0.05) is 13.8 Å². The Morgan fingerprint density at radius 3 is 2.60 bits per heavy atom. The van der Waals surface area contributed by atoms with Gasteiger partial charge in [-0.3, -0.25) is 14.9 Å². The summed E-state index contributed by atoms with van der Waals surface area (Å²) in [5.74, 6) is 1.10. The standard InChI is InChI=1S/C15H20N2O3/c1-10-6-7-16(9-11(10)2)15-5-4-13(17(19)20)8-14(15)12(3)18/h4-5,8,10-11H,6-7,9H2,1-3H3. The van der Waals surface area contributed by atoms with Gasteiger partial charge >= 0.3 is 0 Å². The first kappa shape index (κ1) is 14.5. The van der Waals surface area contributed by atoms with Crippen LogP contribution in [0.4, 0.5) is 11.4 Å². The van der Waals surface area contributed by atoms with E-state index >= 15 is 0 Å². The van der Waals surface area contributed by atoms with Crippen molar-refractivity contribution in [2.24, 2.45) is 11.8 Å². The Balaban J connectivity index is 2.36. The van der Waals surface area contributed by atoms with Gasteiger partial charge in [0.2, 0.25) is 0 Å². The minimum absolute atomic E-state index is 0.0302. The number of carbonyl (C=O) groups is 1. The third-order valence-corrected chi connectivity index (χ3v) is 4.25. The molecule has 0 radical (unpaired) electrons. The summed E-state index contributed by atoms with van der Waals surface area (Å²) in [6.07, 6.45) is 1.08. The first-order valence-corrected chi connectivity index (χ1v) is 6.94. The van der Waals surface area contributed by atoms with E-state index in [9.17, 15) is 14.9 Å². The van der Waals surface area contributed by atoms with Gasteiger partial charge < -0.3 is 4.90 Å². The number of non-ortho nitro benzene ring substituents is 1. The summed E-state index contributed by atoms with van der Waals surface area (Å²) in [6, 6.07) is 4.57. The topological polar surface area (TPSA) is 63.4 Å². The van der Waals surface area contributed by atoms with E-state index in [0.717, 1.165) is 25.2 Å². The molecule has 5 nitrogen and oxygen atoms in total. The van der Waals surface area contributed by atoms with Crippen LogP contribution in [0.1, 0.15) is 37.6 Å². The van der Waals surface area contributed by atoms with Gasteiger partial charge in [-0.25, -0.2) is 0 Å². The Labute approximate surface area is 118 Å². The molecule has 0 N–H and O–H groups in total. The lowest BCUT2D eigenvalue weighted by Gasteiger charge is -2.37. The fraction of sp³-hybridized carbons (Fsp3) is 0.533. The normalized spacial score (nSPS) is 22.6. The van der Waals surface area contributed by atoms with Crippen molar-refractivity contribution < 1.29 is 9.72 Å². The molecular formula is C15H20N2O3. The highest BCUT2D eigenvalue weighted by Gasteiger charge is 2.25. The number of carbonyl (C=O) groups excluding carboxylic acids is 1. The molecule has 0 saturated carbocycles. The van der Waals surface area contributed by atoms with E-state index in [0.29, 0.717) is 17.4 Å². The highest BCUT2D eigenvalue weighted by Crippen LogP contribution is 2.31. The highest BCUT2D eigenvalue weighted by molar-refractivity contribution is 6.00. The zero-order chi connectivity index (χ0) is 14.9. The molecule has 1 aromatic carbocycles. The van der Waals surface area contributed by atoms with Crippen molar-refractivity contribution in [2.45, 2.75) is 27.2 Å². The van der Waals surface area contributed by atoms with Crippen molar-refractivity contribution in [3.8, 4) is 0 Å². The van der Waals surface area contributed by atoms with Crippen molar-refractivity contribution in [3.05, 3.63) is 33.9 Å². The van der Waals surface area contributed by atoms with Gasteiger partial charge in [0.15, 0.2) is 5.78 Å². The fourth-order valence-corrected chi connectivity index (χ4v) is 2.68. The lowest BCUT2D eigenvalue weighted by molar-refractivity contribution is -0.384. The predicted octanol–water partition coefficient (Wildman–Crippen LogP) is 3.28. The average molecular weight is 276 g/mol. The summed E-state index contributed by atoms with van der Waals surface area (Å²) in [5.41, 5.74) is 1.24. The SMILES string of the molecule is CC(=O)c1cc([N+](=O)[O-])ccc1N1CCC(C)C(C)C1. The molecule has 20 heavy (non-hydrogen) atoms. The van der Waals surface area contributed by atoms with E-state index in [1.54, 1.807) is 6.07 Å². The fourth-order valence-electron chi connectivity index (χ4n) is 2.68. The molecule has 1 aliphatic heterocycles. The maximum atomic E-state index is 11.8. The molecule has 2 unspecified atom stereocenters. The van der Waals surface area contributed by atoms with Crippen molar-refractivity contribution in [1.82, 2.24) is 0 Å². The van der Waals surface area contributed by atoms with Crippen LogP contribution in [0.3, 0.4) is 0 Å². The van der Waals surface area contributed by atoms with Crippen molar-refractivity contribution in [1.29, 1.82) is 0 Å². The van der Waals surface area contributed by atoms with Gasteiger partial charge in [0.25, 0.3) is 5.69 Å². The minimum atomic E-state index is -0.461. The quantitative estimate of drug-likeness (QED) is 0.483. The number of anilines is 1. The minimum Gasteiger partial charge on any atom is -0.371 e. The Morgan fingerprint density at radius 2 is 2.05 bits per heavy atom. The van der Waals surface area contributed by atoms with Crippen molar-refractivity contribution >= 4 is 17.2 Å². The van der Waals surface area contributed by atoms with Crippen LogP contribution in [-0.2, 0) is 0 Å². The molecule has 1 fully saturated rings. The zero-order valence-electron chi connectivity index (χ0n) is 12.1. The second-order valence-corrected chi connectivity index (χ2v) is 5.70. The van der Waals surface area contributed by atoms with Crippen LogP contribution in [0.15, 0.2) is 18.2 Å². The monoisotopic (exact) mass is 276 g/mol.